The van der Waals surface area contributed by atoms with Crippen LogP contribution in [0, 0.1) is 0 Å². The average Bonchev–Trinajstić information content (AvgIpc) is 2.60. The van der Waals surface area contributed by atoms with E-state index in [2.05, 4.69) is 79.6 Å². The van der Waals surface area contributed by atoms with Gasteiger partial charge in [-0.25, -0.2) is 0 Å². The van der Waals surface area contributed by atoms with E-state index in [1.807, 2.05) is 0 Å². The number of halogens is 5. The summed E-state index contributed by atoms with van der Waals surface area (Å²) in [7, 11) is 1.52. The SMILES string of the molecule is COCc1c(Br)c(O)c(O)c(Br)c1Cc1c(Br)c(O)c(O)c(Br)c1Br. The number of hydrogen-bond donors (Lipinski definition) is 4. The zero-order valence-electron chi connectivity index (χ0n) is 12.5. The molecule has 2 aromatic rings. The van der Waals surface area contributed by atoms with E-state index in [1.165, 1.54) is 7.11 Å². The molecule has 0 amide bonds. The Bertz CT molecular complexity index is 824. The molecule has 0 saturated heterocycles. The van der Waals surface area contributed by atoms with Crippen molar-refractivity contribution in [2.45, 2.75) is 13.0 Å². The summed E-state index contributed by atoms with van der Waals surface area (Å²) in [6.45, 7) is 0.183. The first-order valence-corrected chi connectivity index (χ1v) is 10.6. The lowest BCUT2D eigenvalue weighted by Gasteiger charge is -2.19. The Morgan fingerprint density at radius 3 is 1.48 bits per heavy atom. The van der Waals surface area contributed by atoms with Crippen molar-refractivity contribution < 1.29 is 25.2 Å². The molecule has 10 heteroatoms. The molecule has 0 aromatic heterocycles. The van der Waals surface area contributed by atoms with Crippen molar-refractivity contribution in [3.8, 4) is 23.0 Å². The van der Waals surface area contributed by atoms with Crippen LogP contribution in [0.2, 0.25) is 0 Å². The Kier molecular flexibility index (Phi) is 7.11. The van der Waals surface area contributed by atoms with Crippen LogP contribution in [0.3, 0.4) is 0 Å². The summed E-state index contributed by atoms with van der Waals surface area (Å²) in [6, 6.07) is 0. The first kappa shape index (κ1) is 21.3. The maximum absolute atomic E-state index is 10.1. The standard InChI is InChI=1S/C15H11Br5O5/c1-25-3-6-4(8(17)12(21)14(23)10(6)19)2-5-7(16)11(20)15(24)13(22)9(5)18/h21-24H,2-3H2,1H3. The first-order valence-electron chi connectivity index (χ1n) is 6.60. The van der Waals surface area contributed by atoms with Gasteiger partial charge in [-0.3, -0.25) is 0 Å². The fourth-order valence-corrected chi connectivity index (χ4v) is 5.11. The highest BCUT2D eigenvalue weighted by atomic mass is 79.9. The van der Waals surface area contributed by atoms with Crippen LogP contribution in [0.4, 0.5) is 0 Å². The molecule has 4 N–H and O–H groups in total. The van der Waals surface area contributed by atoms with E-state index in [1.54, 1.807) is 0 Å². The van der Waals surface area contributed by atoms with E-state index in [0.29, 0.717) is 39.1 Å². The van der Waals surface area contributed by atoms with Crippen LogP contribution in [-0.4, -0.2) is 27.5 Å². The molecule has 2 aromatic carbocycles. The number of rotatable bonds is 4. The second-order valence-corrected chi connectivity index (χ2v) is 8.97. The van der Waals surface area contributed by atoms with Crippen LogP contribution in [0.25, 0.3) is 0 Å². The van der Waals surface area contributed by atoms with Crippen LogP contribution < -0.4 is 0 Å². The molecule has 0 spiro atoms. The van der Waals surface area contributed by atoms with Gasteiger partial charge in [0.25, 0.3) is 0 Å². The third kappa shape index (κ3) is 3.84. The van der Waals surface area contributed by atoms with Crippen LogP contribution in [0.5, 0.6) is 23.0 Å². The van der Waals surface area contributed by atoms with E-state index >= 15 is 0 Å². The van der Waals surface area contributed by atoms with Gasteiger partial charge < -0.3 is 25.2 Å². The minimum atomic E-state index is -0.309. The molecule has 0 atom stereocenters. The summed E-state index contributed by atoms with van der Waals surface area (Å²) in [5.41, 5.74) is 1.90. The average molecular weight is 671 g/mol. The smallest absolute Gasteiger partial charge is 0.174 e. The molecule has 5 nitrogen and oxygen atoms in total. The molecule has 0 aliphatic heterocycles. The highest BCUT2D eigenvalue weighted by Gasteiger charge is 2.25. The second kappa shape index (κ2) is 8.35. The van der Waals surface area contributed by atoms with Crippen LogP contribution in [-0.2, 0) is 17.8 Å². The van der Waals surface area contributed by atoms with Crippen molar-refractivity contribution in [2.75, 3.05) is 7.11 Å². The molecule has 25 heavy (non-hydrogen) atoms. The topological polar surface area (TPSA) is 90.2 Å². The van der Waals surface area contributed by atoms with Crippen LogP contribution in [0.15, 0.2) is 22.4 Å². The number of phenolic OH excluding ortho intramolecular Hbond substituents is 4. The number of ether oxygens (including phenoxy) is 1. The predicted octanol–water partition coefficient (Wildman–Crippen LogP) is 6.06. The van der Waals surface area contributed by atoms with Gasteiger partial charge in [0, 0.05) is 23.6 Å². The molecule has 0 unspecified atom stereocenters. The molecule has 0 saturated carbocycles. The maximum atomic E-state index is 10.1. The molecular formula is C15H11Br5O5. The molecule has 0 aliphatic carbocycles. The Labute approximate surface area is 185 Å². The van der Waals surface area contributed by atoms with Crippen molar-refractivity contribution in [3.63, 3.8) is 0 Å². The summed E-state index contributed by atoms with van der Waals surface area (Å²) in [6.07, 6.45) is 0.249. The minimum Gasteiger partial charge on any atom is -0.503 e. The zero-order chi connectivity index (χ0) is 19.0. The Morgan fingerprint density at radius 1 is 0.600 bits per heavy atom. The van der Waals surface area contributed by atoms with Gasteiger partial charge in [-0.2, -0.15) is 0 Å². The third-order valence-corrected chi connectivity index (χ3v) is 8.28. The Balaban J connectivity index is 2.74. The monoisotopic (exact) mass is 666 g/mol. The van der Waals surface area contributed by atoms with Crippen molar-refractivity contribution in [1.82, 2.24) is 0 Å². The Morgan fingerprint density at radius 2 is 1.00 bits per heavy atom. The van der Waals surface area contributed by atoms with E-state index < -0.39 is 0 Å². The van der Waals surface area contributed by atoms with E-state index in [-0.39, 0.29) is 36.0 Å². The normalized spacial score (nSPS) is 11.1. The highest BCUT2D eigenvalue weighted by Crippen LogP contribution is 2.50. The summed E-state index contributed by atoms with van der Waals surface area (Å²) in [5.74, 6) is -1.21. The van der Waals surface area contributed by atoms with Gasteiger partial charge in [-0.1, -0.05) is 0 Å². The molecule has 136 valence electrons. The second-order valence-electron chi connectivity index (χ2n) is 5.01. The van der Waals surface area contributed by atoms with E-state index in [0.717, 1.165) is 0 Å². The predicted molar refractivity (Wildman–Crippen MR) is 112 cm³/mol. The number of benzene rings is 2. The van der Waals surface area contributed by atoms with Gasteiger partial charge in [0.15, 0.2) is 23.0 Å². The fraction of sp³-hybridized carbons (Fsp3) is 0.200. The largest absolute Gasteiger partial charge is 0.503 e. The lowest BCUT2D eigenvalue weighted by molar-refractivity contribution is 0.183. The lowest BCUT2D eigenvalue weighted by atomic mass is 9.98. The number of aromatic hydroxyl groups is 4. The van der Waals surface area contributed by atoms with Crippen LogP contribution in [0.1, 0.15) is 16.7 Å². The number of methoxy groups -OCH3 is 1. The summed E-state index contributed by atoms with van der Waals surface area (Å²) < 4.78 is 6.97. The molecule has 0 bridgehead atoms. The van der Waals surface area contributed by atoms with Crippen molar-refractivity contribution >= 4 is 79.6 Å². The van der Waals surface area contributed by atoms with Gasteiger partial charge in [0.1, 0.15) is 0 Å². The summed E-state index contributed by atoms with van der Waals surface area (Å²) in [5, 5.41) is 40.2. The summed E-state index contributed by atoms with van der Waals surface area (Å²) in [4.78, 5) is 0. The summed E-state index contributed by atoms with van der Waals surface area (Å²) >= 11 is 16.5. The van der Waals surface area contributed by atoms with Gasteiger partial charge in [0.2, 0.25) is 0 Å². The molecule has 2 rings (SSSR count). The number of phenols is 4. The van der Waals surface area contributed by atoms with Gasteiger partial charge >= 0.3 is 0 Å². The maximum Gasteiger partial charge on any atom is 0.174 e. The first-order chi connectivity index (χ1) is 11.6. The fourth-order valence-electron chi connectivity index (χ4n) is 2.25. The van der Waals surface area contributed by atoms with Crippen molar-refractivity contribution in [2.24, 2.45) is 0 Å². The number of hydrogen-bond acceptors (Lipinski definition) is 5. The zero-order valence-corrected chi connectivity index (χ0v) is 20.4. The molecule has 0 heterocycles. The lowest BCUT2D eigenvalue weighted by Crippen LogP contribution is -2.03. The minimum absolute atomic E-state index is 0.183. The van der Waals surface area contributed by atoms with Gasteiger partial charge in [-0.15, -0.1) is 0 Å². The molecular weight excluding hydrogens is 660 g/mol. The highest BCUT2D eigenvalue weighted by molar-refractivity contribution is 9.13. The van der Waals surface area contributed by atoms with E-state index in [4.69, 9.17) is 4.74 Å². The molecule has 0 radical (unpaired) electrons. The van der Waals surface area contributed by atoms with Crippen molar-refractivity contribution in [1.29, 1.82) is 0 Å². The van der Waals surface area contributed by atoms with Gasteiger partial charge in [0.05, 0.1) is 24.5 Å². The molecule has 0 fully saturated rings. The molecule has 0 aliphatic rings. The van der Waals surface area contributed by atoms with Gasteiger partial charge in [-0.05, 0) is 90.8 Å². The van der Waals surface area contributed by atoms with E-state index in [9.17, 15) is 20.4 Å². The Hall–Kier alpha value is -0.000000000000000222. The third-order valence-electron chi connectivity index (χ3n) is 3.54. The van der Waals surface area contributed by atoms with Crippen molar-refractivity contribution in [3.05, 3.63) is 39.1 Å². The van der Waals surface area contributed by atoms with Crippen LogP contribution >= 0.6 is 79.6 Å². The quantitative estimate of drug-likeness (QED) is 0.235.